The summed E-state index contributed by atoms with van der Waals surface area (Å²) in [5, 5.41) is 21.5. The van der Waals surface area contributed by atoms with Gasteiger partial charge < -0.3 is 39.7 Å². The fraction of sp³-hybridized carbons (Fsp3) is 0. The predicted octanol–water partition coefficient (Wildman–Crippen LogP) is -1.25. The highest BCUT2D eigenvalue weighted by molar-refractivity contribution is 6.30. The Bertz CT molecular complexity index is 20.5. The topological polar surface area (TPSA) is 201 Å². The Morgan fingerprint density at radius 1 is 0.667 bits per heavy atom. The average Bonchev–Trinajstić information content (AvgIpc) is 0.811. The lowest BCUT2D eigenvalue weighted by Gasteiger charge is -1.69. The van der Waals surface area contributed by atoms with Crippen molar-refractivity contribution in [2.75, 3.05) is 0 Å². The van der Waals surface area contributed by atoms with Crippen LogP contribution in [0.3, 0.4) is 0 Å². The summed E-state index contributed by atoms with van der Waals surface area (Å²) in [6, 6.07) is 0. The molecular formula is H16BFN4O3. The minimum atomic E-state index is -2.17. The Hall–Kier alpha value is -0.285. The molecule has 0 aliphatic rings. The molecule has 0 aromatic heterocycles. The second-order valence-electron chi connectivity index (χ2n) is 0.346. The van der Waals surface area contributed by atoms with Gasteiger partial charge in [0.05, 0.1) is 0 Å². The third kappa shape index (κ3) is 3100. The molecule has 0 heterocycles. The van der Waals surface area contributed by atoms with E-state index in [1.807, 2.05) is 0 Å². The molecule has 0 fully saturated rings. The van der Waals surface area contributed by atoms with Crippen molar-refractivity contribution in [3.63, 3.8) is 0 Å². The monoisotopic (exact) mass is 150 g/mol. The van der Waals surface area contributed by atoms with E-state index in [0.717, 1.165) is 0 Å². The van der Waals surface area contributed by atoms with Crippen LogP contribution in [-0.2, 0) is 0 Å². The van der Waals surface area contributed by atoms with Gasteiger partial charge in [-0.3, -0.25) is 4.70 Å². The van der Waals surface area contributed by atoms with Gasteiger partial charge in [-0.05, 0) is 0 Å². The quantitative estimate of drug-likeness (QED) is 0.209. The van der Waals surface area contributed by atoms with E-state index in [0.29, 0.717) is 0 Å². The Labute approximate surface area is 53.0 Å². The van der Waals surface area contributed by atoms with Crippen LogP contribution in [0.2, 0.25) is 0 Å². The molecule has 0 aromatic carbocycles. The summed E-state index contributed by atoms with van der Waals surface area (Å²) in [4.78, 5) is 0. The predicted molar refractivity (Wildman–Crippen MR) is 35.0 cm³/mol. The van der Waals surface area contributed by atoms with Crippen LogP contribution in [0.1, 0.15) is 0 Å². The largest absolute Gasteiger partial charge is 0.631 e. The molecule has 0 aliphatic heterocycles. The number of rotatable bonds is 0. The molecule has 0 atom stereocenters. The third-order valence-corrected chi connectivity index (χ3v) is 0. The first kappa shape index (κ1) is 70.4. The highest BCUT2D eigenvalue weighted by Gasteiger charge is 1.92. The Kier molecular flexibility index (Phi) is 369. The molecule has 15 N–H and O–H groups in total. The van der Waals surface area contributed by atoms with Crippen LogP contribution in [0.4, 0.5) is 4.70 Å². The summed E-state index contributed by atoms with van der Waals surface area (Å²) in [7, 11) is -2.17. The standard InChI is InChI=1S/BH3O3.FH.4H3N/c2-1(3)4;;;;;/h2-4H;1H;4*1H3. The first-order valence-electron chi connectivity index (χ1n) is 0.775. The van der Waals surface area contributed by atoms with Gasteiger partial charge in [0.2, 0.25) is 0 Å². The van der Waals surface area contributed by atoms with E-state index in [9.17, 15) is 0 Å². The summed E-state index contributed by atoms with van der Waals surface area (Å²) in [6.07, 6.45) is 0. The Morgan fingerprint density at radius 3 is 0.667 bits per heavy atom. The normalized spacial score (nSPS) is 3.00. The summed E-state index contributed by atoms with van der Waals surface area (Å²) in [5.41, 5.74) is 0. The molecule has 0 saturated carbocycles. The lowest BCUT2D eigenvalue weighted by Crippen LogP contribution is -2.07. The van der Waals surface area contributed by atoms with E-state index in [4.69, 9.17) is 15.1 Å². The minimum absolute atomic E-state index is 0. The zero-order valence-corrected chi connectivity index (χ0v) is 5.16. The Morgan fingerprint density at radius 2 is 0.667 bits per heavy atom. The van der Waals surface area contributed by atoms with Crippen molar-refractivity contribution in [2.24, 2.45) is 0 Å². The SMILES string of the molecule is F.N.N.N.N.OB(O)O. The van der Waals surface area contributed by atoms with E-state index in [2.05, 4.69) is 0 Å². The van der Waals surface area contributed by atoms with Crippen molar-refractivity contribution in [2.45, 2.75) is 0 Å². The summed E-state index contributed by atoms with van der Waals surface area (Å²) in [6.45, 7) is 0. The summed E-state index contributed by atoms with van der Waals surface area (Å²) < 4.78 is 0. The van der Waals surface area contributed by atoms with Gasteiger partial charge in [0, 0.05) is 0 Å². The number of hydrogen-bond donors (Lipinski definition) is 7. The molecule has 7 nitrogen and oxygen atoms in total. The maximum atomic E-state index is 7.17. The molecular weight excluding hydrogens is 134 g/mol. The maximum Gasteiger partial charge on any atom is 0.631 e. The average molecular weight is 150 g/mol. The highest BCUT2D eigenvalue weighted by Crippen LogP contribution is 1.40. The molecule has 64 valence electrons. The van der Waals surface area contributed by atoms with Crippen LogP contribution >= 0.6 is 0 Å². The maximum absolute atomic E-state index is 7.17. The molecule has 0 bridgehead atoms. The molecule has 0 amide bonds. The van der Waals surface area contributed by atoms with E-state index < -0.39 is 7.32 Å². The van der Waals surface area contributed by atoms with Crippen molar-refractivity contribution in [1.29, 1.82) is 0 Å². The molecule has 0 aromatic rings. The van der Waals surface area contributed by atoms with E-state index in [1.165, 1.54) is 0 Å². The van der Waals surface area contributed by atoms with Crippen LogP contribution in [-0.4, -0.2) is 22.4 Å². The van der Waals surface area contributed by atoms with Crippen molar-refractivity contribution in [3.8, 4) is 0 Å². The van der Waals surface area contributed by atoms with Gasteiger partial charge in [0.15, 0.2) is 0 Å². The smallest absolute Gasteiger partial charge is 0.402 e. The molecule has 0 unspecified atom stereocenters. The second-order valence-corrected chi connectivity index (χ2v) is 0.346. The van der Waals surface area contributed by atoms with E-state index in [-0.39, 0.29) is 29.3 Å². The molecule has 0 aliphatic carbocycles. The first-order chi connectivity index (χ1) is 1.73. The lowest BCUT2D eigenvalue weighted by atomic mass is 10.3. The van der Waals surface area contributed by atoms with Gasteiger partial charge in [-0.15, -0.1) is 0 Å². The number of halogens is 1. The van der Waals surface area contributed by atoms with E-state index in [1.54, 1.807) is 0 Å². The molecule has 0 rings (SSSR count). The minimum Gasteiger partial charge on any atom is -0.402 e. The summed E-state index contributed by atoms with van der Waals surface area (Å²) >= 11 is 0. The van der Waals surface area contributed by atoms with Gasteiger partial charge in [-0.2, -0.15) is 0 Å². The fourth-order valence-electron chi connectivity index (χ4n) is 0. The molecule has 0 spiro atoms. The molecule has 9 heavy (non-hydrogen) atoms. The van der Waals surface area contributed by atoms with E-state index >= 15 is 0 Å². The lowest BCUT2D eigenvalue weighted by molar-refractivity contribution is 0.278. The molecule has 0 radical (unpaired) electrons. The Balaban J connectivity index is -0.00000000450. The van der Waals surface area contributed by atoms with Gasteiger partial charge in [0.25, 0.3) is 0 Å². The van der Waals surface area contributed by atoms with Crippen molar-refractivity contribution < 1.29 is 19.8 Å². The van der Waals surface area contributed by atoms with Crippen LogP contribution in [0.25, 0.3) is 0 Å². The van der Waals surface area contributed by atoms with Gasteiger partial charge in [-0.25, -0.2) is 0 Å². The first-order valence-corrected chi connectivity index (χ1v) is 0.775. The van der Waals surface area contributed by atoms with Crippen molar-refractivity contribution in [1.82, 2.24) is 24.6 Å². The number of hydrogen-bond acceptors (Lipinski definition) is 7. The van der Waals surface area contributed by atoms with Gasteiger partial charge >= 0.3 is 7.32 Å². The van der Waals surface area contributed by atoms with Crippen LogP contribution in [0, 0.1) is 0 Å². The molecule has 9 heteroatoms. The van der Waals surface area contributed by atoms with Crippen LogP contribution in [0.15, 0.2) is 0 Å². The van der Waals surface area contributed by atoms with Gasteiger partial charge in [-0.1, -0.05) is 0 Å². The second kappa shape index (κ2) is 47.2. The highest BCUT2D eigenvalue weighted by atomic mass is 19.0. The zero-order valence-electron chi connectivity index (χ0n) is 5.16. The summed E-state index contributed by atoms with van der Waals surface area (Å²) in [5.74, 6) is 0. The zero-order chi connectivity index (χ0) is 3.58. The fourth-order valence-corrected chi connectivity index (χ4v) is 0. The third-order valence-electron chi connectivity index (χ3n) is 0. The molecule has 0 saturated heterocycles. The van der Waals surface area contributed by atoms with Crippen LogP contribution < -0.4 is 24.6 Å². The van der Waals surface area contributed by atoms with Crippen molar-refractivity contribution in [3.05, 3.63) is 0 Å². The van der Waals surface area contributed by atoms with Crippen LogP contribution in [0.5, 0.6) is 0 Å². The van der Waals surface area contributed by atoms with Gasteiger partial charge in [0.1, 0.15) is 0 Å². The van der Waals surface area contributed by atoms with Crippen molar-refractivity contribution >= 4 is 7.32 Å².